The summed E-state index contributed by atoms with van der Waals surface area (Å²) in [6, 6.07) is -0.621. The van der Waals surface area contributed by atoms with Gasteiger partial charge in [0.25, 0.3) is 0 Å². The molecule has 0 fully saturated rings. The van der Waals surface area contributed by atoms with Crippen LogP contribution in [0.1, 0.15) is 117 Å². The molecule has 0 saturated heterocycles. The lowest BCUT2D eigenvalue weighted by Gasteiger charge is -2.31. The van der Waals surface area contributed by atoms with Crippen molar-refractivity contribution in [2.24, 2.45) is 0 Å². The van der Waals surface area contributed by atoms with Crippen LogP contribution in [0.3, 0.4) is 0 Å². The first-order chi connectivity index (χ1) is 21.6. The second-order valence-electron chi connectivity index (χ2n) is 12.4. The maximum atomic E-state index is 12.6. The number of likely N-dealkylation sites (N-methyl/N-ethyl adjacent to an activating group) is 1. The number of carbonyl (C=O) groups is 3. The van der Waals surface area contributed by atoms with E-state index in [1.165, 1.54) is 19.3 Å². The van der Waals surface area contributed by atoms with Gasteiger partial charge in [0.15, 0.2) is 12.1 Å². The summed E-state index contributed by atoms with van der Waals surface area (Å²) in [6.45, 7) is 4.45. The molecule has 0 amide bonds. The summed E-state index contributed by atoms with van der Waals surface area (Å²) in [5.41, 5.74) is 0. The molecule has 8 nitrogen and oxygen atoms in total. The Morgan fingerprint density at radius 3 is 1.98 bits per heavy atom. The highest BCUT2D eigenvalue weighted by Crippen LogP contribution is 2.12. The Bertz CT molecular complexity index is 886. The monoisotopic (exact) mass is 634 g/mol. The van der Waals surface area contributed by atoms with E-state index in [0.29, 0.717) is 19.3 Å². The Hall–Kier alpha value is -2.71. The van der Waals surface area contributed by atoms with Crippen molar-refractivity contribution >= 4 is 17.9 Å². The number of aliphatic carboxylic acids is 1. The highest BCUT2D eigenvalue weighted by atomic mass is 16.6. The van der Waals surface area contributed by atoms with Crippen molar-refractivity contribution in [3.63, 3.8) is 0 Å². The Kier molecular flexibility index (Phi) is 27.0. The number of hydrogen-bond donors (Lipinski definition) is 1. The molecule has 0 aliphatic rings. The molecule has 2 atom stereocenters. The number of unbranched alkanes of at least 4 members (excludes halogenated alkanes) is 9. The average molecular weight is 635 g/mol. The first kappa shape index (κ1) is 42.3. The maximum Gasteiger partial charge on any atom is 0.362 e. The second-order valence-corrected chi connectivity index (χ2v) is 12.4. The van der Waals surface area contributed by atoms with E-state index in [1.54, 1.807) is 0 Å². The number of nitrogens with zero attached hydrogens (tertiary/aromatic N) is 1. The van der Waals surface area contributed by atoms with E-state index in [0.717, 1.165) is 57.8 Å². The van der Waals surface area contributed by atoms with E-state index in [2.05, 4.69) is 44.2 Å². The highest BCUT2D eigenvalue weighted by molar-refractivity contribution is 5.72. The zero-order chi connectivity index (χ0) is 33.6. The molecule has 8 heteroatoms. The summed E-state index contributed by atoms with van der Waals surface area (Å²) in [7, 11) is 5.48. The number of allylic oxidation sites excluding steroid dienone is 8. The van der Waals surface area contributed by atoms with E-state index in [4.69, 9.17) is 14.2 Å². The Balaban J connectivity index is 4.55. The molecule has 1 N–H and O–H groups in total. The van der Waals surface area contributed by atoms with Crippen LogP contribution in [0.4, 0.5) is 0 Å². The topological polar surface area (TPSA) is 99.1 Å². The van der Waals surface area contributed by atoms with Gasteiger partial charge in [-0.25, -0.2) is 4.79 Å². The predicted molar refractivity (Wildman–Crippen MR) is 183 cm³/mol. The van der Waals surface area contributed by atoms with Gasteiger partial charge in [0.1, 0.15) is 6.61 Å². The van der Waals surface area contributed by atoms with Gasteiger partial charge in [-0.2, -0.15) is 0 Å². The van der Waals surface area contributed by atoms with Crippen molar-refractivity contribution in [1.29, 1.82) is 0 Å². The van der Waals surface area contributed by atoms with Crippen LogP contribution in [-0.2, 0) is 28.6 Å². The average Bonchev–Trinajstić information content (AvgIpc) is 2.98. The molecule has 0 spiro atoms. The van der Waals surface area contributed by atoms with Crippen molar-refractivity contribution in [3.8, 4) is 0 Å². The number of esters is 2. The first-order valence-electron chi connectivity index (χ1n) is 17.2. The maximum absolute atomic E-state index is 12.6. The normalized spacial score (nSPS) is 13.7. The molecule has 0 bridgehead atoms. The van der Waals surface area contributed by atoms with Crippen LogP contribution in [0.2, 0.25) is 0 Å². The summed E-state index contributed by atoms with van der Waals surface area (Å²) in [5, 5.41) is 9.54. The number of ether oxygens (including phenoxy) is 3. The summed E-state index contributed by atoms with van der Waals surface area (Å²) >= 11 is 0. The largest absolute Gasteiger partial charge is 0.477 e. The van der Waals surface area contributed by atoms with E-state index in [-0.39, 0.29) is 42.7 Å². The minimum Gasteiger partial charge on any atom is -0.477 e. The van der Waals surface area contributed by atoms with Crippen LogP contribution >= 0.6 is 0 Å². The lowest BCUT2D eigenvalue weighted by Crippen LogP contribution is -2.50. The van der Waals surface area contributed by atoms with Gasteiger partial charge in [-0.1, -0.05) is 101 Å². The van der Waals surface area contributed by atoms with Crippen molar-refractivity contribution < 1.29 is 38.2 Å². The van der Waals surface area contributed by atoms with E-state index < -0.39 is 18.1 Å². The summed E-state index contributed by atoms with van der Waals surface area (Å²) in [5.74, 6) is -1.57. The molecule has 0 saturated carbocycles. The second kappa shape index (κ2) is 28.7. The van der Waals surface area contributed by atoms with E-state index >= 15 is 0 Å². The first-order valence-corrected chi connectivity index (χ1v) is 17.2. The molecule has 0 rings (SSSR count). The molecule has 0 aliphatic carbocycles. The standard InChI is InChI=1S/C37H63NO7/c1-6-8-10-12-14-16-17-18-19-20-22-24-26-28-36(40)45-33(31-43-30-29-34(37(41)42)38(3,4)5)32-44-35(39)27-25-23-21-15-13-11-9-7-2/h8,10,12,14,16-17,21,23,33-34H,6-7,9,11,13,15,18-20,22,24-32H2,1-5H3/p+1/b10-8+,14-12+,17-16+,23-21+. The van der Waals surface area contributed by atoms with Gasteiger partial charge in [0.2, 0.25) is 0 Å². The van der Waals surface area contributed by atoms with Crippen LogP contribution in [0.5, 0.6) is 0 Å². The van der Waals surface area contributed by atoms with Crippen molar-refractivity contribution in [1.82, 2.24) is 0 Å². The number of quaternary nitrogens is 1. The molecule has 2 unspecified atom stereocenters. The van der Waals surface area contributed by atoms with Crippen LogP contribution in [-0.4, -0.2) is 80.6 Å². The smallest absolute Gasteiger partial charge is 0.362 e. The SMILES string of the molecule is CC/C=C/C=C/C=C/CCCCCCCC(=O)OC(COCCC(C(=O)O)[N+](C)(C)C)COC(=O)CC/C=C/CCCCCC. The molecule has 258 valence electrons. The number of carbonyl (C=O) groups excluding carboxylic acids is 2. The zero-order valence-corrected chi connectivity index (χ0v) is 29.1. The number of carboxylic acids is 1. The minimum atomic E-state index is -0.887. The number of carboxylic acid groups (broad SMARTS) is 1. The lowest BCUT2D eigenvalue weighted by atomic mass is 10.1. The molecular formula is C37H64NO7+. The molecule has 0 radical (unpaired) electrons. The fourth-order valence-corrected chi connectivity index (χ4v) is 4.58. The predicted octanol–water partition coefficient (Wildman–Crippen LogP) is 8.12. The van der Waals surface area contributed by atoms with Crippen LogP contribution in [0.25, 0.3) is 0 Å². The molecule has 0 aromatic heterocycles. The van der Waals surface area contributed by atoms with Crippen LogP contribution in [0, 0.1) is 0 Å². The third-order valence-corrected chi connectivity index (χ3v) is 7.29. The van der Waals surface area contributed by atoms with Crippen molar-refractivity contribution in [3.05, 3.63) is 48.6 Å². The van der Waals surface area contributed by atoms with Crippen molar-refractivity contribution in [2.45, 2.75) is 129 Å². The summed E-state index contributed by atoms with van der Waals surface area (Å²) < 4.78 is 17.0. The highest BCUT2D eigenvalue weighted by Gasteiger charge is 2.31. The fourth-order valence-electron chi connectivity index (χ4n) is 4.58. The molecule has 0 aromatic rings. The number of hydrogen-bond acceptors (Lipinski definition) is 6. The molecule has 0 aromatic carbocycles. The third-order valence-electron chi connectivity index (χ3n) is 7.29. The van der Waals surface area contributed by atoms with Gasteiger partial charge in [-0.15, -0.1) is 0 Å². The fraction of sp³-hybridized carbons (Fsp3) is 0.703. The van der Waals surface area contributed by atoms with E-state index in [9.17, 15) is 19.5 Å². The lowest BCUT2D eigenvalue weighted by molar-refractivity contribution is -0.887. The van der Waals surface area contributed by atoms with Crippen molar-refractivity contribution in [2.75, 3.05) is 41.0 Å². The van der Waals surface area contributed by atoms with Gasteiger partial charge >= 0.3 is 17.9 Å². The van der Waals surface area contributed by atoms with E-state index in [1.807, 2.05) is 39.4 Å². The van der Waals surface area contributed by atoms with Gasteiger partial charge in [-0.3, -0.25) is 9.59 Å². The minimum absolute atomic E-state index is 0.0394. The Morgan fingerprint density at radius 2 is 1.31 bits per heavy atom. The van der Waals surface area contributed by atoms with Gasteiger partial charge in [0, 0.05) is 19.3 Å². The molecule has 45 heavy (non-hydrogen) atoms. The summed E-state index contributed by atoms with van der Waals surface area (Å²) in [6.07, 6.45) is 30.3. The molecular weight excluding hydrogens is 570 g/mol. The quantitative estimate of drug-likeness (QED) is 0.0292. The van der Waals surface area contributed by atoms with Gasteiger partial charge < -0.3 is 23.8 Å². The number of rotatable bonds is 29. The third kappa shape index (κ3) is 27.3. The van der Waals surface area contributed by atoms with Crippen LogP contribution < -0.4 is 0 Å². The van der Waals surface area contributed by atoms with Crippen LogP contribution in [0.15, 0.2) is 48.6 Å². The molecule has 0 heterocycles. The Labute approximate surface area is 274 Å². The zero-order valence-electron chi connectivity index (χ0n) is 29.1. The van der Waals surface area contributed by atoms with Gasteiger partial charge in [-0.05, 0) is 44.9 Å². The summed E-state index contributed by atoms with van der Waals surface area (Å²) in [4.78, 5) is 36.5. The Morgan fingerprint density at radius 1 is 0.689 bits per heavy atom. The molecule has 0 aliphatic heterocycles. The van der Waals surface area contributed by atoms with Gasteiger partial charge in [0.05, 0.1) is 34.4 Å².